The van der Waals surface area contributed by atoms with E-state index in [1.165, 1.54) is 19.2 Å². The van der Waals surface area contributed by atoms with Gasteiger partial charge in [-0.2, -0.15) is 0 Å². The lowest BCUT2D eigenvalue weighted by Crippen LogP contribution is -2.32. The Morgan fingerprint density at radius 2 is 2.05 bits per heavy atom. The molecule has 19 heavy (non-hydrogen) atoms. The third kappa shape index (κ3) is 3.77. The number of carbonyl (C=O) groups excluding carboxylic acids is 1. The van der Waals surface area contributed by atoms with Crippen LogP contribution >= 0.6 is 0 Å². The van der Waals surface area contributed by atoms with Crippen molar-refractivity contribution in [2.24, 2.45) is 0 Å². The van der Waals surface area contributed by atoms with E-state index in [0.29, 0.717) is 18.1 Å². The van der Waals surface area contributed by atoms with Gasteiger partial charge in [-0.15, -0.1) is 6.58 Å². The Hall–Kier alpha value is -1.91. The molecule has 0 radical (unpaired) electrons. The number of anilines is 1. The summed E-state index contributed by atoms with van der Waals surface area (Å²) in [7, 11) is 0. The summed E-state index contributed by atoms with van der Waals surface area (Å²) in [5.41, 5.74) is 0.462. The minimum atomic E-state index is 0.00551. The van der Waals surface area contributed by atoms with Crippen LogP contribution in [0.4, 0.5) is 5.82 Å². The summed E-state index contributed by atoms with van der Waals surface area (Å²) in [5, 5.41) is 3.06. The van der Waals surface area contributed by atoms with Crippen LogP contribution in [0, 0.1) is 0 Å². The first-order valence-corrected chi connectivity index (χ1v) is 6.77. The summed E-state index contributed by atoms with van der Waals surface area (Å²) < 4.78 is 0. The standard InChI is InChI=1S/C14H20N4O/c1-2-7-15-13-10-12(16-11-17-13)14(19)18-8-5-3-4-6-9-18/h2,10-11H,1,3-9H2,(H,15,16,17). The normalized spacial score (nSPS) is 15.7. The van der Waals surface area contributed by atoms with Crippen molar-refractivity contribution in [3.05, 3.63) is 30.7 Å². The number of likely N-dealkylation sites (tertiary alicyclic amines) is 1. The number of hydrogen-bond acceptors (Lipinski definition) is 4. The van der Waals surface area contributed by atoms with Crippen molar-refractivity contribution in [2.75, 3.05) is 25.0 Å². The Labute approximate surface area is 113 Å². The molecule has 5 heteroatoms. The van der Waals surface area contributed by atoms with E-state index >= 15 is 0 Å². The summed E-state index contributed by atoms with van der Waals surface area (Å²) in [5.74, 6) is 0.666. The molecule has 1 aromatic rings. The topological polar surface area (TPSA) is 58.1 Å². The van der Waals surface area contributed by atoms with E-state index in [-0.39, 0.29) is 5.91 Å². The molecular formula is C14H20N4O. The quantitative estimate of drug-likeness (QED) is 0.842. The van der Waals surface area contributed by atoms with Crippen LogP contribution in [0.2, 0.25) is 0 Å². The van der Waals surface area contributed by atoms with Crippen LogP contribution in [0.3, 0.4) is 0 Å². The van der Waals surface area contributed by atoms with Gasteiger partial charge < -0.3 is 10.2 Å². The molecule has 0 aliphatic carbocycles. The highest BCUT2D eigenvalue weighted by molar-refractivity contribution is 5.92. The molecule has 0 saturated carbocycles. The average Bonchev–Trinajstić information content (AvgIpc) is 2.73. The molecule has 102 valence electrons. The third-order valence-corrected chi connectivity index (χ3v) is 3.21. The molecule has 1 amide bonds. The fraction of sp³-hybridized carbons (Fsp3) is 0.500. The maximum Gasteiger partial charge on any atom is 0.272 e. The molecule has 2 rings (SSSR count). The van der Waals surface area contributed by atoms with Crippen molar-refractivity contribution in [1.29, 1.82) is 0 Å². The van der Waals surface area contributed by atoms with Gasteiger partial charge in [0, 0.05) is 25.7 Å². The number of rotatable bonds is 4. The van der Waals surface area contributed by atoms with Gasteiger partial charge >= 0.3 is 0 Å². The lowest BCUT2D eigenvalue weighted by molar-refractivity contribution is 0.0755. The van der Waals surface area contributed by atoms with Crippen molar-refractivity contribution >= 4 is 11.7 Å². The van der Waals surface area contributed by atoms with Gasteiger partial charge in [0.05, 0.1) is 0 Å². The second-order valence-electron chi connectivity index (χ2n) is 4.66. The Morgan fingerprint density at radius 1 is 1.32 bits per heavy atom. The largest absolute Gasteiger partial charge is 0.366 e. The van der Waals surface area contributed by atoms with E-state index in [1.54, 1.807) is 12.1 Å². The SMILES string of the molecule is C=CCNc1cc(C(=O)N2CCCCCC2)ncn1. The molecule has 5 nitrogen and oxygen atoms in total. The molecule has 1 fully saturated rings. The number of carbonyl (C=O) groups is 1. The van der Waals surface area contributed by atoms with Crippen molar-refractivity contribution in [3.63, 3.8) is 0 Å². The van der Waals surface area contributed by atoms with Crippen LogP contribution in [0.15, 0.2) is 25.0 Å². The smallest absolute Gasteiger partial charge is 0.272 e. The van der Waals surface area contributed by atoms with E-state index < -0.39 is 0 Å². The number of nitrogens with one attached hydrogen (secondary N) is 1. The summed E-state index contributed by atoms with van der Waals surface area (Å²) in [6, 6.07) is 1.71. The lowest BCUT2D eigenvalue weighted by Gasteiger charge is -2.19. The molecule has 0 aromatic carbocycles. The van der Waals surface area contributed by atoms with Crippen LogP contribution in [-0.4, -0.2) is 40.4 Å². The summed E-state index contributed by atoms with van der Waals surface area (Å²) in [4.78, 5) is 22.4. The predicted octanol–water partition coefficient (Wildman–Crippen LogP) is 2.09. The van der Waals surface area contributed by atoms with Crippen molar-refractivity contribution in [2.45, 2.75) is 25.7 Å². The second-order valence-corrected chi connectivity index (χ2v) is 4.66. The predicted molar refractivity (Wildman–Crippen MR) is 75.1 cm³/mol. The Bertz CT molecular complexity index is 439. The zero-order valence-electron chi connectivity index (χ0n) is 11.1. The number of nitrogens with zero attached hydrogens (tertiary/aromatic N) is 3. The maximum atomic E-state index is 12.4. The van der Waals surface area contributed by atoms with Gasteiger partial charge in [-0.25, -0.2) is 9.97 Å². The Kier molecular flexibility index (Phi) is 4.89. The Balaban J connectivity index is 2.06. The minimum Gasteiger partial charge on any atom is -0.366 e. The van der Waals surface area contributed by atoms with Crippen LogP contribution in [-0.2, 0) is 0 Å². The van der Waals surface area contributed by atoms with Gasteiger partial charge in [0.1, 0.15) is 17.8 Å². The second kappa shape index (κ2) is 6.87. The first kappa shape index (κ1) is 13.5. The van der Waals surface area contributed by atoms with E-state index in [4.69, 9.17) is 0 Å². The maximum absolute atomic E-state index is 12.4. The summed E-state index contributed by atoms with van der Waals surface area (Å²) in [6.45, 7) is 5.92. The molecule has 2 heterocycles. The highest BCUT2D eigenvalue weighted by Gasteiger charge is 2.18. The molecule has 1 N–H and O–H groups in total. The lowest BCUT2D eigenvalue weighted by atomic mass is 10.2. The zero-order valence-corrected chi connectivity index (χ0v) is 11.1. The van der Waals surface area contributed by atoms with E-state index in [0.717, 1.165) is 25.9 Å². The summed E-state index contributed by atoms with van der Waals surface area (Å²) >= 11 is 0. The average molecular weight is 260 g/mol. The molecule has 1 aliphatic rings. The molecule has 1 aliphatic heterocycles. The van der Waals surface area contributed by atoms with Gasteiger partial charge in [0.2, 0.25) is 0 Å². The highest BCUT2D eigenvalue weighted by atomic mass is 16.2. The van der Waals surface area contributed by atoms with Crippen LogP contribution in [0.1, 0.15) is 36.2 Å². The fourth-order valence-electron chi connectivity index (χ4n) is 2.18. The third-order valence-electron chi connectivity index (χ3n) is 3.21. The number of hydrogen-bond donors (Lipinski definition) is 1. The molecule has 1 aromatic heterocycles. The van der Waals surface area contributed by atoms with E-state index in [9.17, 15) is 4.79 Å². The number of aromatic nitrogens is 2. The van der Waals surface area contributed by atoms with Gasteiger partial charge in [0.15, 0.2) is 0 Å². The fourth-order valence-corrected chi connectivity index (χ4v) is 2.18. The van der Waals surface area contributed by atoms with Crippen molar-refractivity contribution in [1.82, 2.24) is 14.9 Å². The van der Waals surface area contributed by atoms with E-state index in [2.05, 4.69) is 21.9 Å². The van der Waals surface area contributed by atoms with Crippen LogP contribution in [0.25, 0.3) is 0 Å². The summed E-state index contributed by atoms with van der Waals surface area (Å²) in [6.07, 6.45) is 7.76. The van der Waals surface area contributed by atoms with Crippen LogP contribution in [0.5, 0.6) is 0 Å². The van der Waals surface area contributed by atoms with Gasteiger partial charge in [-0.3, -0.25) is 4.79 Å². The first-order chi connectivity index (χ1) is 9.31. The number of amides is 1. The van der Waals surface area contributed by atoms with Gasteiger partial charge in [-0.05, 0) is 12.8 Å². The molecule has 1 saturated heterocycles. The molecule has 0 atom stereocenters. The van der Waals surface area contributed by atoms with Gasteiger partial charge in [0.25, 0.3) is 5.91 Å². The zero-order chi connectivity index (χ0) is 13.5. The highest BCUT2D eigenvalue weighted by Crippen LogP contribution is 2.13. The van der Waals surface area contributed by atoms with E-state index in [1.807, 2.05) is 4.90 Å². The Morgan fingerprint density at radius 3 is 2.74 bits per heavy atom. The first-order valence-electron chi connectivity index (χ1n) is 6.77. The van der Waals surface area contributed by atoms with Crippen molar-refractivity contribution in [3.8, 4) is 0 Å². The molecule has 0 unspecified atom stereocenters. The van der Waals surface area contributed by atoms with Gasteiger partial charge in [-0.1, -0.05) is 18.9 Å². The van der Waals surface area contributed by atoms with Crippen LogP contribution < -0.4 is 5.32 Å². The van der Waals surface area contributed by atoms with Crippen molar-refractivity contribution < 1.29 is 4.79 Å². The minimum absolute atomic E-state index is 0.00551. The molecule has 0 spiro atoms. The molecular weight excluding hydrogens is 240 g/mol. The monoisotopic (exact) mass is 260 g/mol. The molecule has 0 bridgehead atoms.